The lowest BCUT2D eigenvalue weighted by Crippen LogP contribution is -2.37. The van der Waals surface area contributed by atoms with Crippen molar-refractivity contribution in [2.24, 2.45) is 0 Å². The number of anilines is 2. The van der Waals surface area contributed by atoms with Crippen molar-refractivity contribution in [3.8, 4) is 22.6 Å². The van der Waals surface area contributed by atoms with Gasteiger partial charge in [-0.15, -0.1) is 0 Å². The zero-order chi connectivity index (χ0) is 22.5. The zero-order valence-electron chi connectivity index (χ0n) is 18.1. The van der Waals surface area contributed by atoms with Crippen molar-refractivity contribution in [1.29, 1.82) is 0 Å². The van der Waals surface area contributed by atoms with E-state index in [0.717, 1.165) is 11.1 Å². The number of nitrogens with one attached hydrogen (secondary N) is 1. The lowest BCUT2D eigenvalue weighted by Gasteiger charge is -2.21. The van der Waals surface area contributed by atoms with Gasteiger partial charge >= 0.3 is 6.03 Å². The van der Waals surface area contributed by atoms with Gasteiger partial charge in [0.1, 0.15) is 18.0 Å². The fourth-order valence-electron chi connectivity index (χ4n) is 3.79. The Bertz CT molecular complexity index is 1120. The summed E-state index contributed by atoms with van der Waals surface area (Å²) in [6.45, 7) is 0.855. The molecule has 0 aliphatic carbocycles. The summed E-state index contributed by atoms with van der Waals surface area (Å²) in [7, 11) is 3.13. The monoisotopic (exact) mass is 431 g/mol. The second-order valence-corrected chi connectivity index (χ2v) is 7.35. The number of amides is 3. The molecule has 3 aromatic rings. The van der Waals surface area contributed by atoms with Gasteiger partial charge in [0.05, 0.1) is 19.9 Å². The number of hydrogen-bond acceptors (Lipinski definition) is 4. The number of benzene rings is 3. The molecule has 32 heavy (non-hydrogen) atoms. The molecule has 1 heterocycles. The van der Waals surface area contributed by atoms with E-state index in [9.17, 15) is 9.59 Å². The van der Waals surface area contributed by atoms with Crippen molar-refractivity contribution in [2.75, 3.05) is 44.1 Å². The molecular weight excluding hydrogens is 406 g/mol. The molecule has 1 saturated heterocycles. The Hall–Kier alpha value is -4.00. The maximum atomic E-state index is 13.0. The number of carbonyl (C=O) groups is 2. The second kappa shape index (κ2) is 9.43. The highest BCUT2D eigenvalue weighted by atomic mass is 16.5. The Kier molecular flexibility index (Phi) is 6.26. The van der Waals surface area contributed by atoms with Gasteiger partial charge in [-0.25, -0.2) is 4.79 Å². The number of urea groups is 1. The van der Waals surface area contributed by atoms with Gasteiger partial charge in [0.2, 0.25) is 5.91 Å². The van der Waals surface area contributed by atoms with Crippen LogP contribution in [0.5, 0.6) is 11.5 Å². The third kappa shape index (κ3) is 4.37. The Labute approximate surface area is 187 Å². The standard InChI is InChI=1S/C25H25N3O4/c1-31-19-12-13-23(32-2)22(16-19)28-15-14-27(25(28)30)17-24(29)26-21-11-7-6-10-20(21)18-8-4-3-5-9-18/h3-13,16H,14-15,17H2,1-2H3,(H,26,29). The molecule has 1 N–H and O–H groups in total. The van der Waals surface area contributed by atoms with E-state index in [1.165, 1.54) is 4.90 Å². The molecule has 0 saturated carbocycles. The summed E-state index contributed by atoms with van der Waals surface area (Å²) in [4.78, 5) is 29.0. The number of methoxy groups -OCH3 is 2. The van der Waals surface area contributed by atoms with E-state index in [1.54, 1.807) is 37.3 Å². The van der Waals surface area contributed by atoms with Crippen LogP contribution in [0.2, 0.25) is 0 Å². The normalized spacial score (nSPS) is 13.2. The van der Waals surface area contributed by atoms with Crippen molar-refractivity contribution in [1.82, 2.24) is 4.90 Å². The molecule has 1 fully saturated rings. The molecule has 7 nitrogen and oxygen atoms in total. The molecule has 164 valence electrons. The Morgan fingerprint density at radius 1 is 0.938 bits per heavy atom. The smallest absolute Gasteiger partial charge is 0.325 e. The molecular formula is C25H25N3O4. The van der Waals surface area contributed by atoms with Gasteiger partial charge in [0.25, 0.3) is 0 Å². The molecule has 0 atom stereocenters. The lowest BCUT2D eigenvalue weighted by atomic mass is 10.0. The van der Waals surface area contributed by atoms with Crippen molar-refractivity contribution in [3.63, 3.8) is 0 Å². The van der Waals surface area contributed by atoms with Gasteiger partial charge in [-0.2, -0.15) is 0 Å². The minimum absolute atomic E-state index is 0.0370. The number of para-hydroxylation sites is 1. The van der Waals surface area contributed by atoms with Gasteiger partial charge in [0.15, 0.2) is 0 Å². The quantitative estimate of drug-likeness (QED) is 0.607. The highest BCUT2D eigenvalue weighted by molar-refractivity contribution is 6.01. The summed E-state index contributed by atoms with van der Waals surface area (Å²) in [6.07, 6.45) is 0. The van der Waals surface area contributed by atoms with E-state index in [2.05, 4.69) is 5.32 Å². The number of carbonyl (C=O) groups excluding carboxylic acids is 2. The molecule has 3 amide bonds. The first kappa shape index (κ1) is 21.2. The van der Waals surface area contributed by atoms with Gasteiger partial charge in [-0.05, 0) is 23.8 Å². The van der Waals surface area contributed by atoms with Gasteiger partial charge in [-0.3, -0.25) is 9.69 Å². The third-order valence-corrected chi connectivity index (χ3v) is 5.39. The molecule has 4 rings (SSSR count). The van der Waals surface area contributed by atoms with E-state index in [4.69, 9.17) is 9.47 Å². The largest absolute Gasteiger partial charge is 0.497 e. The van der Waals surface area contributed by atoms with Crippen LogP contribution in [-0.4, -0.2) is 50.7 Å². The summed E-state index contributed by atoms with van der Waals surface area (Å²) < 4.78 is 10.7. The van der Waals surface area contributed by atoms with Crippen molar-refractivity contribution in [3.05, 3.63) is 72.8 Å². The topological polar surface area (TPSA) is 71.1 Å². The van der Waals surface area contributed by atoms with E-state index >= 15 is 0 Å². The fourth-order valence-corrected chi connectivity index (χ4v) is 3.79. The van der Waals surface area contributed by atoms with Crippen LogP contribution in [0.1, 0.15) is 0 Å². The first-order valence-electron chi connectivity index (χ1n) is 10.3. The molecule has 1 aliphatic heterocycles. The van der Waals surface area contributed by atoms with E-state index < -0.39 is 0 Å². The number of nitrogens with zero attached hydrogens (tertiary/aromatic N) is 2. The third-order valence-electron chi connectivity index (χ3n) is 5.39. The molecule has 7 heteroatoms. The van der Waals surface area contributed by atoms with Gasteiger partial charge in [0, 0.05) is 30.4 Å². The van der Waals surface area contributed by atoms with Crippen LogP contribution in [0, 0.1) is 0 Å². The van der Waals surface area contributed by atoms with Crippen molar-refractivity contribution >= 4 is 23.3 Å². The summed E-state index contributed by atoms with van der Waals surface area (Å²) in [5, 5.41) is 2.96. The highest BCUT2D eigenvalue weighted by Gasteiger charge is 2.32. The van der Waals surface area contributed by atoms with E-state index in [0.29, 0.717) is 36.0 Å². The average Bonchev–Trinajstić information content (AvgIpc) is 3.19. The molecule has 0 aromatic heterocycles. The Balaban J connectivity index is 1.47. The first-order chi connectivity index (χ1) is 15.6. The minimum atomic E-state index is -0.249. The lowest BCUT2D eigenvalue weighted by molar-refractivity contribution is -0.116. The first-order valence-corrected chi connectivity index (χ1v) is 10.3. The minimum Gasteiger partial charge on any atom is -0.497 e. The van der Waals surface area contributed by atoms with Crippen LogP contribution in [-0.2, 0) is 4.79 Å². The Morgan fingerprint density at radius 3 is 2.44 bits per heavy atom. The molecule has 0 unspecified atom stereocenters. The summed E-state index contributed by atoms with van der Waals surface area (Å²) in [5.41, 5.74) is 3.27. The molecule has 0 bridgehead atoms. The fraction of sp³-hybridized carbons (Fsp3) is 0.200. The summed E-state index contributed by atoms with van der Waals surface area (Å²) in [6, 6.07) is 22.5. The average molecular weight is 431 g/mol. The van der Waals surface area contributed by atoms with Crippen LogP contribution in [0.3, 0.4) is 0 Å². The second-order valence-electron chi connectivity index (χ2n) is 7.35. The van der Waals surface area contributed by atoms with Gasteiger partial charge in [-0.1, -0.05) is 48.5 Å². The maximum Gasteiger partial charge on any atom is 0.325 e. The number of ether oxygens (including phenoxy) is 2. The highest BCUT2D eigenvalue weighted by Crippen LogP contribution is 2.34. The van der Waals surface area contributed by atoms with Crippen LogP contribution in [0.25, 0.3) is 11.1 Å². The van der Waals surface area contributed by atoms with Crippen LogP contribution < -0.4 is 19.7 Å². The molecule has 0 spiro atoms. The number of hydrogen-bond donors (Lipinski definition) is 1. The SMILES string of the molecule is COc1ccc(OC)c(N2CCN(CC(=O)Nc3ccccc3-c3ccccc3)C2=O)c1. The van der Waals surface area contributed by atoms with Crippen LogP contribution in [0.4, 0.5) is 16.2 Å². The molecule has 1 aliphatic rings. The van der Waals surface area contributed by atoms with Gasteiger partial charge < -0.3 is 19.7 Å². The molecule has 3 aromatic carbocycles. The van der Waals surface area contributed by atoms with Crippen molar-refractivity contribution < 1.29 is 19.1 Å². The zero-order valence-corrected chi connectivity index (χ0v) is 18.1. The van der Waals surface area contributed by atoms with Crippen LogP contribution >= 0.6 is 0 Å². The Morgan fingerprint density at radius 2 is 1.69 bits per heavy atom. The summed E-state index contributed by atoms with van der Waals surface area (Å²) >= 11 is 0. The van der Waals surface area contributed by atoms with E-state index in [-0.39, 0.29) is 18.5 Å². The maximum absolute atomic E-state index is 13.0. The van der Waals surface area contributed by atoms with E-state index in [1.807, 2.05) is 54.6 Å². The molecule has 0 radical (unpaired) electrons. The predicted octanol–water partition coefficient (Wildman–Crippen LogP) is 4.25. The van der Waals surface area contributed by atoms with Crippen molar-refractivity contribution in [2.45, 2.75) is 0 Å². The predicted molar refractivity (Wildman–Crippen MR) is 124 cm³/mol. The summed E-state index contributed by atoms with van der Waals surface area (Å²) in [5.74, 6) is 0.950. The van der Waals surface area contributed by atoms with Crippen LogP contribution in [0.15, 0.2) is 72.8 Å². The number of rotatable bonds is 7.